The van der Waals surface area contributed by atoms with Crippen LogP contribution in [-0.4, -0.2) is 50.8 Å². The van der Waals surface area contributed by atoms with E-state index in [4.69, 9.17) is 31.6 Å². The Bertz CT molecular complexity index is 1380. The summed E-state index contributed by atoms with van der Waals surface area (Å²) in [5.74, 6) is 0. The molecule has 0 saturated carbocycles. The quantitative estimate of drug-likeness (QED) is 0.108. The molecule has 0 unspecified atom stereocenters. The first kappa shape index (κ1) is 40.3. The summed E-state index contributed by atoms with van der Waals surface area (Å²) in [6.45, 7) is 1.19. The van der Waals surface area contributed by atoms with E-state index in [0.717, 1.165) is 22.8 Å². The molecule has 13 nitrogen and oxygen atoms in total. The molecule has 0 aromatic carbocycles. The van der Waals surface area contributed by atoms with Gasteiger partial charge in [-0.25, -0.2) is 27.1 Å². The summed E-state index contributed by atoms with van der Waals surface area (Å²) in [5, 5.41) is 0. The smallest absolute Gasteiger partial charge is 0.741 e. The van der Waals surface area contributed by atoms with Crippen LogP contribution in [0, 0.1) is 10.2 Å². The Morgan fingerprint density at radius 2 is 0.955 bits per heavy atom. The molecule has 0 fully saturated rings. The second-order valence-corrected chi connectivity index (χ2v) is 9.50. The van der Waals surface area contributed by atoms with Crippen molar-refractivity contribution in [1.29, 1.82) is 0 Å². The normalized spacial score (nSPS) is 11.2. The van der Waals surface area contributed by atoms with Crippen LogP contribution in [0.15, 0.2) is 108 Å². The fourth-order valence-electron chi connectivity index (χ4n) is 2.35. The van der Waals surface area contributed by atoms with Crippen molar-refractivity contribution in [3.05, 3.63) is 120 Å². The minimum absolute atomic E-state index is 0. The number of pyridine rings is 4. The molecule has 4 heterocycles. The molecule has 4 aromatic rings. The van der Waals surface area contributed by atoms with Crippen LogP contribution in [-0.2, 0) is 40.3 Å². The van der Waals surface area contributed by atoms with Crippen molar-refractivity contribution in [1.82, 2.24) is 19.9 Å². The molecule has 0 N–H and O–H groups in total. The molecule has 0 aliphatic carbocycles. The van der Waals surface area contributed by atoms with Gasteiger partial charge in [0.1, 0.15) is 0 Å². The maximum absolute atomic E-state index is 10.7. The van der Waals surface area contributed by atoms with E-state index >= 15 is 0 Å². The van der Waals surface area contributed by atoms with Crippen molar-refractivity contribution >= 4 is 22.5 Å². The molecular formula is C25H22ClF3FeN6O7S. The van der Waals surface area contributed by atoms with E-state index in [-0.39, 0.29) is 17.1 Å². The van der Waals surface area contributed by atoms with Crippen molar-refractivity contribution in [3.63, 3.8) is 0 Å². The van der Waals surface area contributed by atoms with Gasteiger partial charge in [-0.05, 0) is 48.5 Å². The van der Waals surface area contributed by atoms with Crippen LogP contribution in [0.4, 0.5) is 13.2 Å². The third-order valence-electron chi connectivity index (χ3n) is 4.06. The van der Waals surface area contributed by atoms with E-state index in [1.165, 1.54) is 0 Å². The number of hydrogen-bond donors (Lipinski definition) is 0. The average molecular weight is 699 g/mol. The first-order chi connectivity index (χ1) is 20.1. The number of rotatable bonds is 6. The molecule has 44 heavy (non-hydrogen) atoms. The zero-order valence-corrected chi connectivity index (χ0v) is 24.8. The maximum Gasteiger partial charge on any atom is 2.00 e. The van der Waals surface area contributed by atoms with Crippen molar-refractivity contribution in [2.45, 2.75) is 18.6 Å². The van der Waals surface area contributed by atoms with Gasteiger partial charge < -0.3 is 4.55 Å². The first-order valence-corrected chi connectivity index (χ1v) is 14.0. The van der Waals surface area contributed by atoms with Gasteiger partial charge in [-0.15, -0.1) is 10.2 Å². The average Bonchev–Trinajstić information content (AvgIpc) is 2.94. The molecule has 0 saturated heterocycles. The van der Waals surface area contributed by atoms with Crippen LogP contribution in [0.25, 0.3) is 0 Å². The van der Waals surface area contributed by atoms with Crippen molar-refractivity contribution in [2.24, 2.45) is 9.98 Å². The Hall–Kier alpha value is -3.71. The van der Waals surface area contributed by atoms with Gasteiger partial charge in [0.25, 0.3) is 0 Å². The third-order valence-corrected chi connectivity index (χ3v) is 4.63. The van der Waals surface area contributed by atoms with Gasteiger partial charge in [-0.2, -0.15) is 13.2 Å². The van der Waals surface area contributed by atoms with Crippen LogP contribution >= 0.6 is 0 Å². The van der Waals surface area contributed by atoms with Gasteiger partial charge in [0.05, 0.1) is 35.9 Å². The SMILES string of the molecule is C(=NCc1ccccn1)c1ccccn1.C(=NCc1ccccn1)c1ccccn1.O=S(=O)([O-])C(F)(F)F.[Fe+2].[O-][Cl+3]([O-])([O-])[O-]. The minimum Gasteiger partial charge on any atom is -0.741 e. The van der Waals surface area contributed by atoms with Gasteiger partial charge in [0, 0.05) is 37.2 Å². The molecule has 0 amide bonds. The Balaban J connectivity index is 0.000000602. The summed E-state index contributed by atoms with van der Waals surface area (Å²) in [7, 11) is -11.0. The predicted molar refractivity (Wildman–Crippen MR) is 135 cm³/mol. The number of aromatic nitrogens is 4. The summed E-state index contributed by atoms with van der Waals surface area (Å²) in [5.41, 5.74) is -1.98. The second kappa shape index (κ2) is 21.1. The van der Waals surface area contributed by atoms with Crippen LogP contribution in [0.3, 0.4) is 0 Å². The molecular weight excluding hydrogens is 677 g/mol. The van der Waals surface area contributed by atoms with E-state index in [0.29, 0.717) is 13.1 Å². The van der Waals surface area contributed by atoms with E-state index in [9.17, 15) is 13.2 Å². The summed E-state index contributed by atoms with van der Waals surface area (Å²) < 4.78 is 92.9. The molecule has 0 bridgehead atoms. The van der Waals surface area contributed by atoms with E-state index in [1.54, 1.807) is 37.2 Å². The fraction of sp³-hybridized carbons (Fsp3) is 0.120. The molecule has 0 atom stereocenters. The number of nitrogens with zero attached hydrogens (tertiary/aromatic N) is 6. The largest absolute Gasteiger partial charge is 2.00 e. The molecule has 4 rings (SSSR count). The Kier molecular flexibility index (Phi) is 19.3. The van der Waals surface area contributed by atoms with E-state index in [1.807, 2.05) is 72.8 Å². The summed E-state index contributed by atoms with van der Waals surface area (Å²) in [4.78, 5) is 25.2. The Morgan fingerprint density at radius 1 is 0.659 bits per heavy atom. The van der Waals surface area contributed by atoms with Gasteiger partial charge in [0.15, 0.2) is 10.1 Å². The molecule has 4 aromatic heterocycles. The summed E-state index contributed by atoms with van der Waals surface area (Å²) in [6, 6.07) is 23.1. The Labute approximate surface area is 262 Å². The van der Waals surface area contributed by atoms with Gasteiger partial charge >= 0.3 is 22.6 Å². The van der Waals surface area contributed by atoms with Crippen LogP contribution < -0.4 is 18.6 Å². The zero-order valence-electron chi connectivity index (χ0n) is 22.1. The molecule has 0 aliphatic heterocycles. The van der Waals surface area contributed by atoms with E-state index < -0.39 is 25.9 Å². The number of aliphatic imine (C=N–C) groups is 2. The van der Waals surface area contributed by atoms with Gasteiger partial charge in [-0.1, -0.05) is 24.3 Å². The molecule has 0 aliphatic rings. The third kappa shape index (κ3) is 21.9. The predicted octanol–water partition coefficient (Wildman–Crippen LogP) is -0.516. The monoisotopic (exact) mass is 698 g/mol. The molecule has 0 spiro atoms. The van der Waals surface area contributed by atoms with Crippen LogP contribution in [0.1, 0.15) is 22.8 Å². The fourth-order valence-corrected chi connectivity index (χ4v) is 2.35. The molecule has 236 valence electrons. The first-order valence-electron chi connectivity index (χ1n) is 11.4. The van der Waals surface area contributed by atoms with Gasteiger partial charge in [-0.3, -0.25) is 29.9 Å². The number of halogens is 4. The van der Waals surface area contributed by atoms with Crippen LogP contribution in [0.5, 0.6) is 0 Å². The van der Waals surface area contributed by atoms with Gasteiger partial charge in [0.2, 0.25) is 0 Å². The number of hydrogen-bond acceptors (Lipinski definition) is 13. The zero-order chi connectivity index (χ0) is 32.2. The molecule has 0 radical (unpaired) electrons. The topological polar surface area (TPSA) is 226 Å². The summed E-state index contributed by atoms with van der Waals surface area (Å²) in [6.07, 6.45) is 10.6. The van der Waals surface area contributed by atoms with Crippen LogP contribution in [0.2, 0.25) is 0 Å². The number of alkyl halides is 3. The second-order valence-electron chi connectivity index (χ2n) is 7.37. The Morgan fingerprint density at radius 3 is 1.18 bits per heavy atom. The van der Waals surface area contributed by atoms with Crippen molar-refractivity contribution < 1.29 is 72.1 Å². The van der Waals surface area contributed by atoms with E-state index in [2.05, 4.69) is 29.9 Å². The summed E-state index contributed by atoms with van der Waals surface area (Å²) >= 11 is 0. The molecule has 19 heteroatoms. The van der Waals surface area contributed by atoms with Crippen molar-refractivity contribution in [3.8, 4) is 0 Å². The van der Waals surface area contributed by atoms with Crippen molar-refractivity contribution in [2.75, 3.05) is 0 Å². The minimum atomic E-state index is -6.09. The standard InChI is InChI=1S/2C12H11N3.CHF3O3S.ClHO4.Fe/c2*1-3-7-14-11(5-1)9-13-10-12-6-2-4-8-15-12;2-1(3,4)8(5,6)7;2-1(3,4)5;/h2*1-9H,10H2;(H,5,6,7);(H,2,3,4,5);/q;;;;+2/p-2. The maximum atomic E-state index is 10.7.